The molecule has 0 rings (SSSR count). The number of carbonyl (C=O) groups excluding carboxylic acids is 2. The zero-order valence-electron chi connectivity index (χ0n) is 13.3. The van der Waals surface area contributed by atoms with Gasteiger partial charge in [0.2, 0.25) is 11.8 Å². The number of hydrogen-bond donors (Lipinski definition) is 2. The number of amides is 2. The van der Waals surface area contributed by atoms with Crippen molar-refractivity contribution >= 4 is 11.8 Å². The summed E-state index contributed by atoms with van der Waals surface area (Å²) in [4.78, 5) is 24.0. The summed E-state index contributed by atoms with van der Waals surface area (Å²) in [6.45, 7) is 13.0. The minimum atomic E-state index is -1.01. The molecule has 0 atom stereocenters. The molecule has 0 aromatic carbocycles. The Hall–Kier alpha value is -1.06. The average molecular weight is 270 g/mol. The maximum atomic E-state index is 12.0. The van der Waals surface area contributed by atoms with Crippen molar-refractivity contribution in [2.45, 2.75) is 54.4 Å². The predicted octanol–water partition coefficient (Wildman–Crippen LogP) is 2.34. The maximum Gasteiger partial charge on any atom is 0.235 e. The molecule has 0 saturated heterocycles. The van der Waals surface area contributed by atoms with Gasteiger partial charge in [0.05, 0.1) is 0 Å². The van der Waals surface area contributed by atoms with Gasteiger partial charge in [-0.3, -0.25) is 9.59 Å². The first-order valence-corrected chi connectivity index (χ1v) is 7.24. The van der Waals surface area contributed by atoms with Crippen molar-refractivity contribution in [2.75, 3.05) is 13.1 Å². The predicted molar refractivity (Wildman–Crippen MR) is 78.7 cm³/mol. The van der Waals surface area contributed by atoms with E-state index in [1.54, 1.807) is 13.8 Å². The van der Waals surface area contributed by atoms with E-state index in [1.807, 2.05) is 0 Å². The minimum Gasteiger partial charge on any atom is -0.355 e. The first kappa shape index (κ1) is 17.9. The van der Waals surface area contributed by atoms with Crippen LogP contribution >= 0.6 is 0 Å². The van der Waals surface area contributed by atoms with E-state index >= 15 is 0 Å². The highest BCUT2D eigenvalue weighted by Gasteiger charge is 2.35. The molecule has 2 N–H and O–H groups in total. The Labute approximate surface area is 117 Å². The fourth-order valence-electron chi connectivity index (χ4n) is 1.49. The van der Waals surface area contributed by atoms with Crippen molar-refractivity contribution in [3.63, 3.8) is 0 Å². The highest BCUT2D eigenvalue weighted by Crippen LogP contribution is 2.15. The van der Waals surface area contributed by atoms with Crippen molar-refractivity contribution in [1.82, 2.24) is 10.6 Å². The summed E-state index contributed by atoms with van der Waals surface area (Å²) in [5.74, 6) is 0.692. The first-order chi connectivity index (χ1) is 8.67. The Morgan fingerprint density at radius 1 is 0.842 bits per heavy atom. The fraction of sp³-hybridized carbons (Fsp3) is 0.867. The molecule has 0 radical (unpaired) electrons. The van der Waals surface area contributed by atoms with E-state index < -0.39 is 5.41 Å². The summed E-state index contributed by atoms with van der Waals surface area (Å²) in [6.07, 6.45) is 1.85. The molecule has 0 aliphatic carbocycles. The molecule has 0 fully saturated rings. The molecule has 0 saturated carbocycles. The maximum absolute atomic E-state index is 12.0. The molecule has 0 unspecified atom stereocenters. The molecule has 0 aliphatic heterocycles. The van der Waals surface area contributed by atoms with Crippen LogP contribution in [0, 0.1) is 17.3 Å². The number of nitrogens with one attached hydrogen (secondary N) is 2. The summed E-state index contributed by atoms with van der Waals surface area (Å²) in [5.41, 5.74) is -1.01. The van der Waals surface area contributed by atoms with E-state index in [4.69, 9.17) is 0 Å². The third-order valence-electron chi connectivity index (χ3n) is 3.15. The van der Waals surface area contributed by atoms with Gasteiger partial charge in [0, 0.05) is 13.1 Å². The Morgan fingerprint density at radius 2 is 1.16 bits per heavy atom. The highest BCUT2D eigenvalue weighted by molar-refractivity contribution is 6.04. The topological polar surface area (TPSA) is 58.2 Å². The lowest BCUT2D eigenvalue weighted by atomic mass is 9.90. The van der Waals surface area contributed by atoms with E-state index in [0.29, 0.717) is 24.9 Å². The van der Waals surface area contributed by atoms with Crippen LogP contribution in [0.4, 0.5) is 0 Å². The van der Waals surface area contributed by atoms with E-state index in [0.717, 1.165) is 12.8 Å². The van der Waals surface area contributed by atoms with Crippen LogP contribution < -0.4 is 10.6 Å². The van der Waals surface area contributed by atoms with Gasteiger partial charge in [0.25, 0.3) is 0 Å². The standard InChI is InChI=1S/C15H30N2O2/c1-11(2)7-9-16-13(18)15(5,6)14(19)17-10-8-12(3)4/h11-12H,7-10H2,1-6H3,(H,16,18)(H,17,19). The zero-order valence-corrected chi connectivity index (χ0v) is 13.3. The van der Waals surface area contributed by atoms with E-state index in [2.05, 4.69) is 38.3 Å². The third kappa shape index (κ3) is 7.19. The largest absolute Gasteiger partial charge is 0.355 e. The van der Waals surface area contributed by atoms with Crippen LogP contribution in [0.1, 0.15) is 54.4 Å². The molecule has 2 amide bonds. The second-order valence-corrected chi connectivity index (χ2v) is 6.50. The van der Waals surface area contributed by atoms with Crippen LogP contribution in [0.3, 0.4) is 0 Å². The first-order valence-electron chi connectivity index (χ1n) is 7.24. The van der Waals surface area contributed by atoms with Crippen LogP contribution in [0.5, 0.6) is 0 Å². The van der Waals surface area contributed by atoms with Crippen LogP contribution in [0.25, 0.3) is 0 Å². The molecule has 4 heteroatoms. The summed E-state index contributed by atoms with van der Waals surface area (Å²) < 4.78 is 0. The number of carbonyl (C=O) groups is 2. The lowest BCUT2D eigenvalue weighted by Gasteiger charge is -2.23. The molecule has 0 aliphatic rings. The van der Waals surface area contributed by atoms with E-state index in [9.17, 15) is 9.59 Å². The van der Waals surface area contributed by atoms with Gasteiger partial charge >= 0.3 is 0 Å². The Morgan fingerprint density at radius 3 is 1.42 bits per heavy atom. The summed E-state index contributed by atoms with van der Waals surface area (Å²) in [7, 11) is 0. The highest BCUT2D eigenvalue weighted by atomic mass is 16.2. The zero-order chi connectivity index (χ0) is 15.1. The van der Waals surface area contributed by atoms with Crippen LogP contribution in [0.2, 0.25) is 0 Å². The Bertz CT molecular complexity index is 269. The SMILES string of the molecule is CC(C)CCNC(=O)C(C)(C)C(=O)NCCC(C)C. The molecule has 0 bridgehead atoms. The number of hydrogen-bond acceptors (Lipinski definition) is 2. The lowest BCUT2D eigenvalue weighted by molar-refractivity contribution is -0.141. The normalized spacial score (nSPS) is 11.8. The minimum absolute atomic E-state index is 0.199. The van der Waals surface area contributed by atoms with Crippen molar-refractivity contribution in [2.24, 2.45) is 17.3 Å². The smallest absolute Gasteiger partial charge is 0.235 e. The molecular weight excluding hydrogens is 240 g/mol. The van der Waals surface area contributed by atoms with E-state index in [-0.39, 0.29) is 11.8 Å². The van der Waals surface area contributed by atoms with Gasteiger partial charge in [-0.05, 0) is 38.5 Å². The van der Waals surface area contributed by atoms with Gasteiger partial charge in [0.1, 0.15) is 5.41 Å². The Kier molecular flexibility index (Phi) is 7.72. The van der Waals surface area contributed by atoms with Crippen molar-refractivity contribution in [3.8, 4) is 0 Å². The van der Waals surface area contributed by atoms with E-state index in [1.165, 1.54) is 0 Å². The van der Waals surface area contributed by atoms with Gasteiger partial charge in [-0.2, -0.15) is 0 Å². The van der Waals surface area contributed by atoms with Crippen LogP contribution in [-0.4, -0.2) is 24.9 Å². The monoisotopic (exact) mass is 270 g/mol. The second-order valence-electron chi connectivity index (χ2n) is 6.50. The molecule has 0 aromatic rings. The van der Waals surface area contributed by atoms with Gasteiger partial charge < -0.3 is 10.6 Å². The van der Waals surface area contributed by atoms with Crippen LogP contribution in [0.15, 0.2) is 0 Å². The average Bonchev–Trinajstić information content (AvgIpc) is 2.27. The van der Waals surface area contributed by atoms with Crippen LogP contribution in [-0.2, 0) is 9.59 Å². The van der Waals surface area contributed by atoms with Crippen molar-refractivity contribution in [1.29, 1.82) is 0 Å². The third-order valence-corrected chi connectivity index (χ3v) is 3.15. The van der Waals surface area contributed by atoms with Crippen molar-refractivity contribution in [3.05, 3.63) is 0 Å². The summed E-state index contributed by atoms with van der Waals surface area (Å²) in [6, 6.07) is 0. The molecule has 0 aromatic heterocycles. The quantitative estimate of drug-likeness (QED) is 0.665. The lowest BCUT2D eigenvalue weighted by Crippen LogP contribution is -2.48. The van der Waals surface area contributed by atoms with Gasteiger partial charge in [-0.15, -0.1) is 0 Å². The van der Waals surface area contributed by atoms with Gasteiger partial charge in [-0.1, -0.05) is 27.7 Å². The fourth-order valence-corrected chi connectivity index (χ4v) is 1.49. The molecular formula is C15H30N2O2. The molecule has 0 heterocycles. The molecule has 112 valence electrons. The second kappa shape index (κ2) is 8.18. The van der Waals surface area contributed by atoms with Gasteiger partial charge in [-0.25, -0.2) is 0 Å². The van der Waals surface area contributed by atoms with Crippen molar-refractivity contribution < 1.29 is 9.59 Å². The summed E-state index contributed by atoms with van der Waals surface area (Å²) >= 11 is 0. The molecule has 4 nitrogen and oxygen atoms in total. The summed E-state index contributed by atoms with van der Waals surface area (Å²) in [5, 5.41) is 5.67. The number of rotatable bonds is 8. The Balaban J connectivity index is 4.18. The van der Waals surface area contributed by atoms with Gasteiger partial charge in [0.15, 0.2) is 0 Å². The molecule has 19 heavy (non-hydrogen) atoms. The molecule has 0 spiro atoms.